The van der Waals surface area contributed by atoms with Gasteiger partial charge in [-0.15, -0.1) is 0 Å². The van der Waals surface area contributed by atoms with Gasteiger partial charge in [-0.1, -0.05) is 12.1 Å². The van der Waals surface area contributed by atoms with Gasteiger partial charge in [-0.2, -0.15) is 0 Å². The predicted octanol–water partition coefficient (Wildman–Crippen LogP) is 3.96. The molecular weight excluding hydrogens is 326 g/mol. The fourth-order valence-corrected chi connectivity index (χ4v) is 2.49. The highest BCUT2D eigenvalue weighted by atomic mass is 19.1. The lowest BCUT2D eigenvalue weighted by Gasteiger charge is -2.23. The Bertz CT molecular complexity index is 806. The molecule has 2 aromatic carbocycles. The van der Waals surface area contributed by atoms with E-state index in [2.05, 4.69) is 5.32 Å². The van der Waals surface area contributed by atoms with Gasteiger partial charge in [0.1, 0.15) is 11.6 Å². The van der Waals surface area contributed by atoms with Crippen molar-refractivity contribution in [2.75, 3.05) is 16.8 Å². The molecular formula is C19H20F2N2O2. The topological polar surface area (TPSA) is 49.4 Å². The van der Waals surface area contributed by atoms with Crippen LogP contribution in [-0.4, -0.2) is 18.4 Å². The van der Waals surface area contributed by atoms with E-state index in [1.54, 1.807) is 0 Å². The number of carbonyl (C=O) groups excluding carboxylic acids is 2. The predicted molar refractivity (Wildman–Crippen MR) is 93.5 cm³/mol. The van der Waals surface area contributed by atoms with E-state index in [-0.39, 0.29) is 24.6 Å². The third-order valence-corrected chi connectivity index (χ3v) is 4.01. The zero-order valence-electron chi connectivity index (χ0n) is 14.4. The van der Waals surface area contributed by atoms with E-state index in [9.17, 15) is 18.4 Å². The van der Waals surface area contributed by atoms with Gasteiger partial charge in [-0.05, 0) is 43.2 Å². The summed E-state index contributed by atoms with van der Waals surface area (Å²) in [6.07, 6.45) is -0.0101. The number of aryl methyl sites for hydroxylation is 1. The molecule has 0 saturated carbocycles. The average molecular weight is 346 g/mol. The van der Waals surface area contributed by atoms with Gasteiger partial charge in [-0.25, -0.2) is 8.78 Å². The molecule has 0 saturated heterocycles. The van der Waals surface area contributed by atoms with Gasteiger partial charge in [0.15, 0.2) is 0 Å². The van der Waals surface area contributed by atoms with Crippen LogP contribution >= 0.6 is 0 Å². The summed E-state index contributed by atoms with van der Waals surface area (Å²) in [5.74, 6) is -2.20. The van der Waals surface area contributed by atoms with Gasteiger partial charge >= 0.3 is 0 Å². The molecule has 0 spiro atoms. The van der Waals surface area contributed by atoms with Crippen molar-refractivity contribution in [2.45, 2.75) is 27.2 Å². The number of amides is 2. The molecule has 0 atom stereocenters. The van der Waals surface area contributed by atoms with Crippen molar-refractivity contribution in [3.05, 3.63) is 59.2 Å². The van der Waals surface area contributed by atoms with Crippen LogP contribution in [0.4, 0.5) is 20.2 Å². The maximum absolute atomic E-state index is 13.6. The standard InChI is InChI=1S/C19H20F2N2O2/c1-12-5-4-6-18(13(12)2)23(14(3)24)10-9-19(25)22-17-8-7-15(20)11-16(17)21/h4-8,11H,9-10H2,1-3H3,(H,22,25). The Labute approximate surface area is 145 Å². The number of benzene rings is 2. The van der Waals surface area contributed by atoms with Crippen LogP contribution in [0.25, 0.3) is 0 Å². The Morgan fingerprint density at radius 1 is 1.12 bits per heavy atom. The lowest BCUT2D eigenvalue weighted by atomic mass is 10.1. The van der Waals surface area contributed by atoms with Crippen LogP contribution in [0.15, 0.2) is 36.4 Å². The summed E-state index contributed by atoms with van der Waals surface area (Å²) < 4.78 is 26.5. The fraction of sp³-hybridized carbons (Fsp3) is 0.263. The molecule has 132 valence electrons. The van der Waals surface area contributed by atoms with E-state index in [0.717, 1.165) is 28.9 Å². The first-order chi connectivity index (χ1) is 11.8. The number of halogens is 2. The van der Waals surface area contributed by atoms with Crippen LogP contribution in [0.3, 0.4) is 0 Å². The van der Waals surface area contributed by atoms with Crippen molar-refractivity contribution in [1.82, 2.24) is 0 Å². The van der Waals surface area contributed by atoms with E-state index in [0.29, 0.717) is 6.07 Å². The second-order valence-corrected chi connectivity index (χ2v) is 5.81. The SMILES string of the molecule is CC(=O)N(CCC(=O)Nc1ccc(F)cc1F)c1cccc(C)c1C. The lowest BCUT2D eigenvalue weighted by Crippen LogP contribution is -2.32. The molecule has 1 N–H and O–H groups in total. The van der Waals surface area contributed by atoms with Crippen molar-refractivity contribution >= 4 is 23.2 Å². The highest BCUT2D eigenvalue weighted by Gasteiger charge is 2.16. The van der Waals surface area contributed by atoms with Gasteiger partial charge in [0.25, 0.3) is 0 Å². The van der Waals surface area contributed by atoms with E-state index < -0.39 is 17.5 Å². The number of carbonyl (C=O) groups is 2. The monoisotopic (exact) mass is 346 g/mol. The molecule has 6 heteroatoms. The average Bonchev–Trinajstić information content (AvgIpc) is 2.54. The maximum atomic E-state index is 13.6. The van der Waals surface area contributed by atoms with Crippen molar-refractivity contribution in [3.8, 4) is 0 Å². The van der Waals surface area contributed by atoms with Gasteiger partial charge < -0.3 is 10.2 Å². The van der Waals surface area contributed by atoms with Crippen LogP contribution in [0.1, 0.15) is 24.5 Å². The van der Waals surface area contributed by atoms with Crippen LogP contribution in [0, 0.1) is 25.5 Å². The Kier molecular flexibility index (Phi) is 5.85. The smallest absolute Gasteiger partial charge is 0.226 e. The Morgan fingerprint density at radius 2 is 1.84 bits per heavy atom. The summed E-state index contributed by atoms with van der Waals surface area (Å²) in [5, 5.41) is 2.39. The summed E-state index contributed by atoms with van der Waals surface area (Å²) in [6, 6.07) is 8.55. The molecule has 0 unspecified atom stereocenters. The summed E-state index contributed by atoms with van der Waals surface area (Å²) in [7, 11) is 0. The molecule has 0 radical (unpaired) electrons. The van der Waals surface area contributed by atoms with Crippen molar-refractivity contribution < 1.29 is 18.4 Å². The van der Waals surface area contributed by atoms with Gasteiger partial charge in [0.05, 0.1) is 5.69 Å². The lowest BCUT2D eigenvalue weighted by molar-refractivity contribution is -0.117. The quantitative estimate of drug-likeness (QED) is 0.891. The molecule has 0 heterocycles. The third kappa shape index (κ3) is 4.62. The van der Waals surface area contributed by atoms with Crippen molar-refractivity contribution in [2.24, 2.45) is 0 Å². The van der Waals surface area contributed by atoms with Gasteiger partial charge in [0, 0.05) is 31.6 Å². The molecule has 0 aliphatic carbocycles. The van der Waals surface area contributed by atoms with Crippen molar-refractivity contribution in [3.63, 3.8) is 0 Å². The normalized spacial score (nSPS) is 10.4. The zero-order chi connectivity index (χ0) is 18.6. The number of rotatable bonds is 5. The maximum Gasteiger partial charge on any atom is 0.226 e. The highest BCUT2D eigenvalue weighted by molar-refractivity contribution is 5.95. The zero-order valence-corrected chi connectivity index (χ0v) is 14.4. The number of nitrogens with zero attached hydrogens (tertiary/aromatic N) is 1. The fourth-order valence-electron chi connectivity index (χ4n) is 2.49. The number of nitrogens with one attached hydrogen (secondary N) is 1. The second-order valence-electron chi connectivity index (χ2n) is 5.81. The van der Waals surface area contributed by atoms with Crippen LogP contribution in [0.2, 0.25) is 0 Å². The van der Waals surface area contributed by atoms with E-state index >= 15 is 0 Å². The highest BCUT2D eigenvalue weighted by Crippen LogP contribution is 2.23. The van der Waals surface area contributed by atoms with Crippen LogP contribution < -0.4 is 10.2 Å². The van der Waals surface area contributed by atoms with Crippen LogP contribution in [-0.2, 0) is 9.59 Å². The molecule has 0 aliphatic rings. The van der Waals surface area contributed by atoms with E-state index in [1.807, 2.05) is 32.0 Å². The molecule has 0 bridgehead atoms. The van der Waals surface area contributed by atoms with Crippen molar-refractivity contribution in [1.29, 1.82) is 0 Å². The molecule has 25 heavy (non-hydrogen) atoms. The Hall–Kier alpha value is -2.76. The number of hydrogen-bond donors (Lipinski definition) is 1. The first-order valence-electron chi connectivity index (χ1n) is 7.89. The minimum atomic E-state index is -0.841. The number of hydrogen-bond acceptors (Lipinski definition) is 2. The first-order valence-corrected chi connectivity index (χ1v) is 7.89. The molecule has 2 aromatic rings. The molecule has 2 rings (SSSR count). The molecule has 4 nitrogen and oxygen atoms in total. The van der Waals surface area contributed by atoms with Crippen LogP contribution in [0.5, 0.6) is 0 Å². The third-order valence-electron chi connectivity index (χ3n) is 4.01. The summed E-state index contributed by atoms with van der Waals surface area (Å²) >= 11 is 0. The Morgan fingerprint density at radius 3 is 2.48 bits per heavy atom. The number of anilines is 2. The summed E-state index contributed by atoms with van der Waals surface area (Å²) in [5.41, 5.74) is 2.66. The summed E-state index contributed by atoms with van der Waals surface area (Å²) in [4.78, 5) is 25.5. The van der Waals surface area contributed by atoms with Gasteiger partial charge in [-0.3, -0.25) is 9.59 Å². The minimum absolute atomic E-state index is 0.0101. The largest absolute Gasteiger partial charge is 0.324 e. The molecule has 0 aromatic heterocycles. The molecule has 2 amide bonds. The molecule has 0 aliphatic heterocycles. The van der Waals surface area contributed by atoms with Gasteiger partial charge in [0.2, 0.25) is 11.8 Å². The van der Waals surface area contributed by atoms with E-state index in [4.69, 9.17) is 0 Å². The summed E-state index contributed by atoms with van der Waals surface area (Å²) in [6.45, 7) is 5.45. The Balaban J connectivity index is 2.07. The molecule has 0 fully saturated rings. The van der Waals surface area contributed by atoms with E-state index in [1.165, 1.54) is 11.8 Å². The first kappa shape index (κ1) is 18.6. The minimum Gasteiger partial charge on any atom is -0.324 e. The second kappa shape index (κ2) is 7.88.